The molecule has 1 atom stereocenters. The van der Waals surface area contributed by atoms with E-state index < -0.39 is 0 Å². The van der Waals surface area contributed by atoms with Crippen LogP contribution in [-0.4, -0.2) is 26.8 Å². The normalized spacial score (nSPS) is 27.5. The topological polar surface area (TPSA) is 21.3 Å². The molecule has 0 aromatic rings. The Kier molecular flexibility index (Phi) is 3.23. The van der Waals surface area contributed by atoms with Gasteiger partial charge in [0, 0.05) is 13.7 Å². The first-order chi connectivity index (χ1) is 6.42. The van der Waals surface area contributed by atoms with Crippen molar-refractivity contribution in [1.82, 2.24) is 5.32 Å². The maximum atomic E-state index is 5.34. The van der Waals surface area contributed by atoms with Crippen LogP contribution in [0.15, 0.2) is 0 Å². The van der Waals surface area contributed by atoms with Crippen LogP contribution in [-0.2, 0) is 4.74 Å². The molecule has 13 heavy (non-hydrogen) atoms. The predicted octanol–water partition coefficient (Wildman–Crippen LogP) is 1.66. The lowest BCUT2D eigenvalue weighted by Gasteiger charge is -2.30. The van der Waals surface area contributed by atoms with Crippen LogP contribution in [0.1, 0.15) is 25.7 Å². The van der Waals surface area contributed by atoms with Gasteiger partial charge >= 0.3 is 0 Å². The van der Waals surface area contributed by atoms with E-state index in [1.165, 1.54) is 38.8 Å². The van der Waals surface area contributed by atoms with E-state index >= 15 is 0 Å². The first-order valence-corrected chi connectivity index (χ1v) is 5.61. The van der Waals surface area contributed by atoms with Gasteiger partial charge in [0.2, 0.25) is 0 Å². The summed E-state index contributed by atoms with van der Waals surface area (Å²) in [6.45, 7) is 3.44. The van der Waals surface area contributed by atoms with Crippen molar-refractivity contribution >= 4 is 0 Å². The maximum absolute atomic E-state index is 5.34. The van der Waals surface area contributed by atoms with E-state index in [4.69, 9.17) is 4.74 Å². The van der Waals surface area contributed by atoms with Crippen LogP contribution in [0, 0.1) is 17.8 Å². The zero-order valence-electron chi connectivity index (χ0n) is 8.59. The number of hydrogen-bond acceptors (Lipinski definition) is 2. The Morgan fingerprint density at radius 3 is 2.31 bits per heavy atom. The van der Waals surface area contributed by atoms with Gasteiger partial charge in [-0.2, -0.15) is 0 Å². The molecule has 1 unspecified atom stereocenters. The predicted molar refractivity (Wildman–Crippen MR) is 53.7 cm³/mol. The highest BCUT2D eigenvalue weighted by atomic mass is 16.5. The fourth-order valence-corrected chi connectivity index (χ4v) is 2.65. The van der Waals surface area contributed by atoms with Crippen LogP contribution in [0.3, 0.4) is 0 Å². The van der Waals surface area contributed by atoms with Gasteiger partial charge in [-0.25, -0.2) is 0 Å². The standard InChI is InChI=1S/C11H21NO/c1-13-8-11(9-2-3-9)10-4-6-12-7-5-10/h9-12H,2-8H2,1H3. The van der Waals surface area contributed by atoms with Crippen molar-refractivity contribution in [2.75, 3.05) is 26.8 Å². The molecule has 2 aliphatic rings. The zero-order chi connectivity index (χ0) is 9.10. The van der Waals surface area contributed by atoms with Crippen LogP contribution in [0.2, 0.25) is 0 Å². The molecule has 1 saturated carbocycles. The zero-order valence-corrected chi connectivity index (χ0v) is 8.59. The van der Waals surface area contributed by atoms with Gasteiger partial charge in [-0.15, -0.1) is 0 Å². The largest absolute Gasteiger partial charge is 0.384 e. The average Bonchev–Trinajstić information content (AvgIpc) is 2.99. The summed E-state index contributed by atoms with van der Waals surface area (Å²) in [5.74, 6) is 2.81. The van der Waals surface area contributed by atoms with Crippen molar-refractivity contribution in [2.45, 2.75) is 25.7 Å². The number of hydrogen-bond donors (Lipinski definition) is 1. The number of methoxy groups -OCH3 is 1. The van der Waals surface area contributed by atoms with Crippen LogP contribution in [0.25, 0.3) is 0 Å². The minimum atomic E-state index is 0.868. The smallest absolute Gasteiger partial charge is 0.0495 e. The van der Waals surface area contributed by atoms with Gasteiger partial charge in [0.25, 0.3) is 0 Å². The molecule has 76 valence electrons. The minimum Gasteiger partial charge on any atom is -0.384 e. The SMILES string of the molecule is COCC(C1CCNCC1)C1CC1. The van der Waals surface area contributed by atoms with Crippen LogP contribution >= 0.6 is 0 Å². The lowest BCUT2D eigenvalue weighted by molar-refractivity contribution is 0.0939. The molecule has 1 saturated heterocycles. The third kappa shape index (κ3) is 2.44. The average molecular weight is 183 g/mol. The summed E-state index contributed by atoms with van der Waals surface area (Å²) in [4.78, 5) is 0. The molecule has 2 nitrogen and oxygen atoms in total. The molecule has 1 aliphatic heterocycles. The minimum absolute atomic E-state index is 0.868. The van der Waals surface area contributed by atoms with Crippen LogP contribution in [0.5, 0.6) is 0 Å². The summed E-state index contributed by atoms with van der Waals surface area (Å²) >= 11 is 0. The van der Waals surface area contributed by atoms with Crippen molar-refractivity contribution in [3.05, 3.63) is 0 Å². The summed E-state index contributed by atoms with van der Waals surface area (Å²) in [6.07, 6.45) is 5.64. The van der Waals surface area contributed by atoms with E-state index in [0.29, 0.717) is 0 Å². The molecule has 0 amide bonds. The summed E-state index contributed by atoms with van der Waals surface area (Å²) < 4.78 is 5.34. The molecule has 0 aromatic carbocycles. The Labute approximate surface area is 81.0 Å². The molecule has 0 bridgehead atoms. The maximum Gasteiger partial charge on any atom is 0.0495 e. The van der Waals surface area contributed by atoms with Gasteiger partial charge in [0.05, 0.1) is 0 Å². The van der Waals surface area contributed by atoms with E-state index in [-0.39, 0.29) is 0 Å². The Bertz CT molecular complexity index is 150. The third-order valence-corrected chi connectivity index (χ3v) is 3.58. The summed E-state index contributed by atoms with van der Waals surface area (Å²) in [5.41, 5.74) is 0. The summed E-state index contributed by atoms with van der Waals surface area (Å²) in [5, 5.41) is 3.43. The molecule has 1 aliphatic carbocycles. The monoisotopic (exact) mass is 183 g/mol. The second-order valence-electron chi connectivity index (χ2n) is 4.54. The molecule has 2 fully saturated rings. The lowest BCUT2D eigenvalue weighted by atomic mass is 9.82. The molecule has 2 rings (SSSR count). The van der Waals surface area contributed by atoms with Crippen molar-refractivity contribution in [1.29, 1.82) is 0 Å². The first kappa shape index (κ1) is 9.47. The summed E-state index contributed by atoms with van der Waals surface area (Å²) in [6, 6.07) is 0. The van der Waals surface area contributed by atoms with Gasteiger partial charge < -0.3 is 10.1 Å². The fourth-order valence-electron chi connectivity index (χ4n) is 2.65. The molecule has 1 heterocycles. The molecule has 1 N–H and O–H groups in total. The Hall–Kier alpha value is -0.0800. The third-order valence-electron chi connectivity index (χ3n) is 3.58. The van der Waals surface area contributed by atoms with Gasteiger partial charge in [0.1, 0.15) is 0 Å². The van der Waals surface area contributed by atoms with Gasteiger partial charge in [-0.3, -0.25) is 0 Å². The number of ether oxygens (including phenoxy) is 1. The van der Waals surface area contributed by atoms with Crippen molar-refractivity contribution < 1.29 is 4.74 Å². The summed E-state index contributed by atoms with van der Waals surface area (Å²) in [7, 11) is 1.84. The van der Waals surface area contributed by atoms with E-state index in [2.05, 4.69) is 5.32 Å². The lowest BCUT2D eigenvalue weighted by Crippen LogP contribution is -2.34. The Morgan fingerprint density at radius 1 is 1.15 bits per heavy atom. The highest BCUT2D eigenvalue weighted by Crippen LogP contribution is 2.42. The Balaban J connectivity index is 1.84. The second kappa shape index (κ2) is 4.43. The van der Waals surface area contributed by atoms with E-state index in [0.717, 1.165) is 24.4 Å². The molecule has 2 heteroatoms. The molecular weight excluding hydrogens is 162 g/mol. The quantitative estimate of drug-likeness (QED) is 0.715. The fraction of sp³-hybridized carbons (Fsp3) is 1.00. The van der Waals surface area contributed by atoms with Gasteiger partial charge in [-0.05, 0) is 56.5 Å². The van der Waals surface area contributed by atoms with E-state index in [1.54, 1.807) is 0 Å². The molecule has 0 radical (unpaired) electrons. The van der Waals surface area contributed by atoms with E-state index in [1.807, 2.05) is 7.11 Å². The number of rotatable bonds is 4. The van der Waals surface area contributed by atoms with Crippen molar-refractivity contribution in [3.63, 3.8) is 0 Å². The van der Waals surface area contributed by atoms with Crippen molar-refractivity contribution in [2.24, 2.45) is 17.8 Å². The highest BCUT2D eigenvalue weighted by molar-refractivity contribution is 4.87. The molecule has 0 aromatic heterocycles. The van der Waals surface area contributed by atoms with Crippen LogP contribution in [0.4, 0.5) is 0 Å². The second-order valence-corrected chi connectivity index (χ2v) is 4.54. The Morgan fingerprint density at radius 2 is 1.77 bits per heavy atom. The highest BCUT2D eigenvalue weighted by Gasteiger charge is 2.36. The number of piperidine rings is 1. The van der Waals surface area contributed by atoms with E-state index in [9.17, 15) is 0 Å². The van der Waals surface area contributed by atoms with Gasteiger partial charge in [0.15, 0.2) is 0 Å². The number of nitrogens with one attached hydrogen (secondary N) is 1. The molecule has 0 spiro atoms. The van der Waals surface area contributed by atoms with Crippen molar-refractivity contribution in [3.8, 4) is 0 Å². The molecular formula is C11H21NO. The first-order valence-electron chi connectivity index (χ1n) is 5.61. The van der Waals surface area contributed by atoms with Crippen LogP contribution < -0.4 is 5.32 Å². The van der Waals surface area contributed by atoms with Gasteiger partial charge in [-0.1, -0.05) is 0 Å².